The summed E-state index contributed by atoms with van der Waals surface area (Å²) in [7, 11) is 0. The number of benzene rings is 2. The molecule has 21 heavy (non-hydrogen) atoms. The molecule has 5 heteroatoms. The second-order valence-corrected chi connectivity index (χ2v) is 5.29. The molecule has 0 aliphatic rings. The van der Waals surface area contributed by atoms with Crippen molar-refractivity contribution in [1.29, 1.82) is 0 Å². The van der Waals surface area contributed by atoms with Crippen LogP contribution in [0.1, 0.15) is 29.3 Å². The lowest BCUT2D eigenvalue weighted by molar-refractivity contribution is 0.0988. The number of ketones is 1. The molecule has 0 fully saturated rings. The lowest BCUT2D eigenvalue weighted by atomic mass is 10.1. The summed E-state index contributed by atoms with van der Waals surface area (Å²) in [4.78, 5) is 11.6. The Morgan fingerprint density at radius 1 is 1.19 bits per heavy atom. The van der Waals surface area contributed by atoms with Crippen LogP contribution in [-0.4, -0.2) is 20.8 Å². The first-order chi connectivity index (χ1) is 10.2. The minimum Gasteiger partial charge on any atom is -0.294 e. The van der Waals surface area contributed by atoms with Crippen LogP contribution >= 0.6 is 11.6 Å². The van der Waals surface area contributed by atoms with Crippen LogP contribution in [0, 0.1) is 0 Å². The van der Waals surface area contributed by atoms with Crippen molar-refractivity contribution < 1.29 is 4.79 Å². The van der Waals surface area contributed by atoms with Gasteiger partial charge in [0.05, 0.1) is 12.1 Å². The van der Waals surface area contributed by atoms with E-state index in [1.165, 1.54) is 0 Å². The summed E-state index contributed by atoms with van der Waals surface area (Å²) in [5.74, 6) is 0.155. The fourth-order valence-corrected chi connectivity index (χ4v) is 2.40. The summed E-state index contributed by atoms with van der Waals surface area (Å²) >= 11 is 5.94. The van der Waals surface area contributed by atoms with Gasteiger partial charge in [0.15, 0.2) is 5.78 Å². The number of Topliss-reactive ketones (excluding diaryl/α,β-unsaturated/α-hetero) is 1. The molecule has 0 saturated heterocycles. The number of carbonyl (C=O) groups excluding carboxylic acids is 1. The van der Waals surface area contributed by atoms with E-state index in [-0.39, 0.29) is 5.78 Å². The van der Waals surface area contributed by atoms with Gasteiger partial charge in [-0.15, -0.1) is 5.10 Å². The van der Waals surface area contributed by atoms with Crippen LogP contribution in [-0.2, 0) is 6.54 Å². The molecule has 0 saturated carbocycles. The number of hydrogen-bond donors (Lipinski definition) is 0. The molecule has 0 N–H and O–H groups in total. The van der Waals surface area contributed by atoms with E-state index in [0.717, 1.165) is 22.2 Å². The number of aromatic nitrogens is 3. The van der Waals surface area contributed by atoms with Gasteiger partial charge in [-0.2, -0.15) is 0 Å². The maximum absolute atomic E-state index is 11.6. The Bertz CT molecular complexity index is 793. The van der Waals surface area contributed by atoms with Gasteiger partial charge in [0.2, 0.25) is 0 Å². The Kier molecular flexibility index (Phi) is 3.71. The summed E-state index contributed by atoms with van der Waals surface area (Å²) in [6, 6.07) is 13.1. The monoisotopic (exact) mass is 299 g/mol. The lowest BCUT2D eigenvalue weighted by Gasteiger charge is -2.04. The molecule has 0 amide bonds. The molecule has 0 aliphatic carbocycles. The van der Waals surface area contributed by atoms with Crippen molar-refractivity contribution in [2.24, 2.45) is 0 Å². The van der Waals surface area contributed by atoms with E-state index in [9.17, 15) is 4.79 Å². The Labute approximate surface area is 127 Å². The predicted molar refractivity (Wildman–Crippen MR) is 82.7 cm³/mol. The zero-order chi connectivity index (χ0) is 14.8. The highest BCUT2D eigenvalue weighted by Crippen LogP contribution is 2.18. The Hall–Kier alpha value is -2.20. The average molecular weight is 300 g/mol. The summed E-state index contributed by atoms with van der Waals surface area (Å²) < 4.78 is 1.82. The second-order valence-electron chi connectivity index (χ2n) is 4.85. The predicted octanol–water partition coefficient (Wildman–Crippen LogP) is 3.73. The highest BCUT2D eigenvalue weighted by atomic mass is 35.5. The summed E-state index contributed by atoms with van der Waals surface area (Å²) in [5.41, 5.74) is 3.54. The van der Waals surface area contributed by atoms with E-state index in [4.69, 9.17) is 11.6 Å². The van der Waals surface area contributed by atoms with Crippen LogP contribution in [0.5, 0.6) is 0 Å². The van der Waals surface area contributed by atoms with E-state index in [0.29, 0.717) is 18.0 Å². The zero-order valence-corrected chi connectivity index (χ0v) is 12.3. The molecule has 4 nitrogen and oxygen atoms in total. The molecular formula is C16H14ClN3O. The van der Waals surface area contributed by atoms with Crippen LogP contribution in [0.2, 0.25) is 5.02 Å². The third-order valence-electron chi connectivity index (χ3n) is 3.41. The molecule has 1 aromatic heterocycles. The minimum atomic E-state index is 0.155. The zero-order valence-electron chi connectivity index (χ0n) is 11.6. The van der Waals surface area contributed by atoms with E-state index in [1.807, 2.05) is 48.0 Å². The SMILES string of the molecule is CCC(=O)c1ccc(Cn2nnc3cc(Cl)ccc32)cc1. The lowest BCUT2D eigenvalue weighted by Crippen LogP contribution is -2.03. The molecule has 0 radical (unpaired) electrons. The number of halogens is 1. The van der Waals surface area contributed by atoms with Gasteiger partial charge in [-0.25, -0.2) is 4.68 Å². The third kappa shape index (κ3) is 2.81. The Morgan fingerprint density at radius 2 is 1.95 bits per heavy atom. The maximum atomic E-state index is 11.6. The number of fused-ring (bicyclic) bond motifs is 1. The Morgan fingerprint density at radius 3 is 2.67 bits per heavy atom. The van der Waals surface area contributed by atoms with Gasteiger partial charge >= 0.3 is 0 Å². The number of carbonyl (C=O) groups is 1. The standard InChI is InChI=1S/C16H14ClN3O/c1-2-16(21)12-5-3-11(4-6-12)10-20-15-8-7-13(17)9-14(15)18-19-20/h3-9H,2,10H2,1H3. The number of rotatable bonds is 4. The quantitative estimate of drug-likeness (QED) is 0.690. The summed E-state index contributed by atoms with van der Waals surface area (Å²) in [6.07, 6.45) is 0.522. The fraction of sp³-hybridized carbons (Fsp3) is 0.188. The first-order valence-electron chi connectivity index (χ1n) is 6.78. The van der Waals surface area contributed by atoms with E-state index < -0.39 is 0 Å². The van der Waals surface area contributed by atoms with Crippen LogP contribution < -0.4 is 0 Å². The molecule has 0 unspecified atom stereocenters. The van der Waals surface area contributed by atoms with Gasteiger partial charge in [0, 0.05) is 17.0 Å². The minimum absolute atomic E-state index is 0.155. The molecule has 0 aliphatic heterocycles. The van der Waals surface area contributed by atoms with Gasteiger partial charge in [0.25, 0.3) is 0 Å². The molecule has 1 heterocycles. The van der Waals surface area contributed by atoms with Gasteiger partial charge in [-0.1, -0.05) is 48.0 Å². The maximum Gasteiger partial charge on any atom is 0.162 e. The topological polar surface area (TPSA) is 47.8 Å². The summed E-state index contributed by atoms with van der Waals surface area (Å²) in [5, 5.41) is 8.91. The Balaban J connectivity index is 1.86. The van der Waals surface area contributed by atoms with E-state index in [2.05, 4.69) is 10.3 Å². The first kappa shape index (κ1) is 13.8. The van der Waals surface area contributed by atoms with Crippen molar-refractivity contribution in [2.45, 2.75) is 19.9 Å². The third-order valence-corrected chi connectivity index (χ3v) is 3.64. The largest absolute Gasteiger partial charge is 0.294 e. The van der Waals surface area contributed by atoms with Crippen molar-refractivity contribution in [3.63, 3.8) is 0 Å². The molecule has 2 aromatic carbocycles. The molecule has 0 bridgehead atoms. The van der Waals surface area contributed by atoms with E-state index in [1.54, 1.807) is 6.07 Å². The van der Waals surface area contributed by atoms with Gasteiger partial charge in [-0.3, -0.25) is 4.79 Å². The average Bonchev–Trinajstić information content (AvgIpc) is 2.89. The van der Waals surface area contributed by atoms with Crippen molar-refractivity contribution in [1.82, 2.24) is 15.0 Å². The van der Waals surface area contributed by atoms with Crippen LogP contribution in [0.4, 0.5) is 0 Å². The highest BCUT2D eigenvalue weighted by molar-refractivity contribution is 6.31. The molecular weight excluding hydrogens is 286 g/mol. The molecule has 3 aromatic rings. The van der Waals surface area contributed by atoms with Crippen molar-refractivity contribution >= 4 is 28.4 Å². The molecule has 0 atom stereocenters. The van der Waals surface area contributed by atoms with Crippen molar-refractivity contribution in [3.05, 3.63) is 58.6 Å². The van der Waals surface area contributed by atoms with Crippen molar-refractivity contribution in [2.75, 3.05) is 0 Å². The normalized spacial score (nSPS) is 11.0. The molecule has 106 valence electrons. The van der Waals surface area contributed by atoms with Gasteiger partial charge < -0.3 is 0 Å². The van der Waals surface area contributed by atoms with Crippen LogP contribution in [0.15, 0.2) is 42.5 Å². The first-order valence-corrected chi connectivity index (χ1v) is 7.16. The molecule has 0 spiro atoms. The van der Waals surface area contributed by atoms with Crippen LogP contribution in [0.25, 0.3) is 11.0 Å². The van der Waals surface area contributed by atoms with Gasteiger partial charge in [0.1, 0.15) is 5.52 Å². The second kappa shape index (κ2) is 5.66. The van der Waals surface area contributed by atoms with Crippen molar-refractivity contribution in [3.8, 4) is 0 Å². The number of nitrogens with zero attached hydrogens (tertiary/aromatic N) is 3. The van der Waals surface area contributed by atoms with Gasteiger partial charge in [-0.05, 0) is 23.8 Å². The molecule has 3 rings (SSSR count). The van der Waals surface area contributed by atoms with Crippen LogP contribution in [0.3, 0.4) is 0 Å². The fourth-order valence-electron chi connectivity index (χ4n) is 2.24. The number of hydrogen-bond acceptors (Lipinski definition) is 3. The van der Waals surface area contributed by atoms with E-state index >= 15 is 0 Å². The smallest absolute Gasteiger partial charge is 0.162 e. The summed E-state index contributed by atoms with van der Waals surface area (Å²) in [6.45, 7) is 2.47. The highest BCUT2D eigenvalue weighted by Gasteiger charge is 2.07.